The van der Waals surface area contributed by atoms with Gasteiger partial charge < -0.3 is 10.2 Å². The summed E-state index contributed by atoms with van der Waals surface area (Å²) in [4.78, 5) is 27.4. The predicted molar refractivity (Wildman–Crippen MR) is 137 cm³/mol. The van der Waals surface area contributed by atoms with E-state index in [9.17, 15) is 26.8 Å². The van der Waals surface area contributed by atoms with Gasteiger partial charge in [-0.05, 0) is 61.9 Å². The minimum atomic E-state index is -4.29. The zero-order valence-electron chi connectivity index (χ0n) is 20.2. The fourth-order valence-electron chi connectivity index (χ4n) is 3.58. The highest BCUT2D eigenvalue weighted by Gasteiger charge is 2.32. The molecule has 0 aliphatic rings. The molecule has 0 fully saturated rings. The van der Waals surface area contributed by atoms with Crippen LogP contribution in [-0.2, 0) is 26.2 Å². The molecule has 0 aliphatic carbocycles. The van der Waals surface area contributed by atoms with Crippen molar-refractivity contribution in [3.63, 3.8) is 0 Å². The number of carbonyl (C=O) groups is 2. The van der Waals surface area contributed by atoms with Crippen LogP contribution in [0.3, 0.4) is 0 Å². The number of nitrogens with one attached hydrogen (secondary N) is 1. The quantitative estimate of drug-likeness (QED) is 0.407. The van der Waals surface area contributed by atoms with E-state index in [0.717, 1.165) is 16.4 Å². The maximum atomic E-state index is 13.9. The zero-order valence-corrected chi connectivity index (χ0v) is 21.8. The lowest BCUT2D eigenvalue weighted by Crippen LogP contribution is -2.51. The number of halogens is 3. The molecule has 0 aliphatic heterocycles. The van der Waals surface area contributed by atoms with Crippen molar-refractivity contribution in [3.05, 3.63) is 95.0 Å². The molecule has 0 bridgehead atoms. The fraction of sp³-hybridized carbons (Fsp3) is 0.231. The van der Waals surface area contributed by atoms with Gasteiger partial charge in [-0.15, -0.1) is 0 Å². The molecule has 37 heavy (non-hydrogen) atoms. The highest BCUT2D eigenvalue weighted by Crippen LogP contribution is 2.28. The van der Waals surface area contributed by atoms with Crippen molar-refractivity contribution in [1.29, 1.82) is 0 Å². The SMILES string of the molecule is CCNC(=O)[C@@H](C)N(Cc1ccc(F)cc1)C(=O)CN(c1ccc(F)c(Cl)c1)S(=O)(=O)c1ccccc1. The number of sulfonamides is 1. The van der Waals surface area contributed by atoms with E-state index < -0.39 is 46.1 Å². The van der Waals surface area contributed by atoms with Gasteiger partial charge in [0.1, 0.15) is 24.2 Å². The minimum absolute atomic E-state index is 0.0315. The van der Waals surface area contributed by atoms with Crippen molar-refractivity contribution in [2.24, 2.45) is 0 Å². The van der Waals surface area contributed by atoms with E-state index in [1.807, 2.05) is 0 Å². The summed E-state index contributed by atoms with van der Waals surface area (Å²) in [5.74, 6) is -2.37. The molecule has 0 saturated carbocycles. The van der Waals surface area contributed by atoms with E-state index in [1.165, 1.54) is 66.4 Å². The van der Waals surface area contributed by atoms with Gasteiger partial charge in [-0.1, -0.05) is 41.9 Å². The first-order valence-corrected chi connectivity index (χ1v) is 13.2. The van der Waals surface area contributed by atoms with Gasteiger partial charge in [0.15, 0.2) is 0 Å². The lowest BCUT2D eigenvalue weighted by Gasteiger charge is -2.32. The molecule has 3 rings (SSSR count). The molecule has 0 saturated heterocycles. The maximum absolute atomic E-state index is 13.9. The molecule has 0 spiro atoms. The van der Waals surface area contributed by atoms with Crippen molar-refractivity contribution in [3.8, 4) is 0 Å². The first-order valence-electron chi connectivity index (χ1n) is 11.4. The predicted octanol–water partition coefficient (Wildman–Crippen LogP) is 4.37. The number of hydrogen-bond donors (Lipinski definition) is 1. The number of hydrogen-bond acceptors (Lipinski definition) is 4. The van der Waals surface area contributed by atoms with Crippen LogP contribution in [0, 0.1) is 11.6 Å². The number of carbonyl (C=O) groups excluding carboxylic acids is 2. The Morgan fingerprint density at radius 1 is 1.00 bits per heavy atom. The Hall–Kier alpha value is -3.50. The van der Waals surface area contributed by atoms with Gasteiger partial charge in [-0.3, -0.25) is 13.9 Å². The molecular weight excluding hydrogens is 524 g/mol. The lowest BCUT2D eigenvalue weighted by molar-refractivity contribution is -0.139. The highest BCUT2D eigenvalue weighted by molar-refractivity contribution is 7.92. The van der Waals surface area contributed by atoms with Crippen LogP contribution in [0.2, 0.25) is 5.02 Å². The minimum Gasteiger partial charge on any atom is -0.355 e. The van der Waals surface area contributed by atoms with Crippen LogP contribution in [0.1, 0.15) is 19.4 Å². The Kier molecular flexibility index (Phi) is 9.23. The number of nitrogens with zero attached hydrogens (tertiary/aromatic N) is 2. The molecule has 0 unspecified atom stereocenters. The Morgan fingerprint density at radius 2 is 1.65 bits per heavy atom. The highest BCUT2D eigenvalue weighted by atomic mass is 35.5. The van der Waals surface area contributed by atoms with E-state index in [1.54, 1.807) is 13.0 Å². The van der Waals surface area contributed by atoms with Crippen molar-refractivity contribution >= 4 is 39.1 Å². The van der Waals surface area contributed by atoms with Gasteiger partial charge in [0.2, 0.25) is 11.8 Å². The van der Waals surface area contributed by atoms with Crippen molar-refractivity contribution in [2.75, 3.05) is 17.4 Å². The molecule has 7 nitrogen and oxygen atoms in total. The summed E-state index contributed by atoms with van der Waals surface area (Å²) in [7, 11) is -4.29. The first-order chi connectivity index (χ1) is 17.5. The van der Waals surface area contributed by atoms with Crippen LogP contribution in [-0.4, -0.2) is 44.3 Å². The van der Waals surface area contributed by atoms with Crippen LogP contribution in [0.15, 0.2) is 77.7 Å². The molecule has 0 radical (unpaired) electrons. The zero-order chi connectivity index (χ0) is 27.2. The first kappa shape index (κ1) is 28.1. The summed E-state index contributed by atoms with van der Waals surface area (Å²) in [6, 6.07) is 15.2. The molecule has 0 aromatic heterocycles. The number of anilines is 1. The molecule has 0 heterocycles. The standard InChI is InChI=1S/C26H26ClF2N3O4S/c1-3-30-26(34)18(2)31(16-19-9-11-20(28)12-10-19)25(33)17-32(21-13-14-24(29)23(27)15-21)37(35,36)22-7-5-4-6-8-22/h4-15,18H,3,16-17H2,1-2H3,(H,30,34)/t18-/m1/s1. The second kappa shape index (κ2) is 12.2. The third kappa shape index (κ3) is 6.84. The Morgan fingerprint density at radius 3 is 2.24 bits per heavy atom. The van der Waals surface area contributed by atoms with Crippen LogP contribution < -0.4 is 9.62 Å². The molecule has 1 N–H and O–H groups in total. The van der Waals surface area contributed by atoms with Gasteiger partial charge in [0, 0.05) is 13.1 Å². The van der Waals surface area contributed by atoms with Gasteiger partial charge >= 0.3 is 0 Å². The van der Waals surface area contributed by atoms with Gasteiger partial charge in [0.25, 0.3) is 10.0 Å². The van der Waals surface area contributed by atoms with Gasteiger partial charge in [-0.25, -0.2) is 17.2 Å². The summed E-state index contributed by atoms with van der Waals surface area (Å²) in [6.45, 7) is 2.77. The molecular formula is C26H26ClF2N3O4S. The number of likely N-dealkylation sites (N-methyl/N-ethyl adjacent to an activating group) is 1. The van der Waals surface area contributed by atoms with Gasteiger partial charge in [-0.2, -0.15) is 0 Å². The Balaban J connectivity index is 2.03. The van der Waals surface area contributed by atoms with Crippen molar-refractivity contribution in [1.82, 2.24) is 10.2 Å². The fourth-order valence-corrected chi connectivity index (χ4v) is 5.18. The largest absolute Gasteiger partial charge is 0.355 e. The third-order valence-corrected chi connectivity index (χ3v) is 7.66. The second-order valence-electron chi connectivity index (χ2n) is 8.14. The summed E-state index contributed by atoms with van der Waals surface area (Å²) in [6.07, 6.45) is 0. The number of amides is 2. The molecule has 11 heteroatoms. The molecule has 3 aromatic rings. The average molecular weight is 550 g/mol. The summed E-state index contributed by atoms with van der Waals surface area (Å²) in [5.41, 5.74) is 0.504. The van der Waals surface area contributed by atoms with Crippen LogP contribution >= 0.6 is 11.6 Å². The van der Waals surface area contributed by atoms with Gasteiger partial charge in [0.05, 0.1) is 15.6 Å². The van der Waals surface area contributed by atoms with Crippen LogP contribution in [0.4, 0.5) is 14.5 Å². The Labute approximate surface area is 219 Å². The van der Waals surface area contributed by atoms with E-state index >= 15 is 0 Å². The van der Waals surface area contributed by atoms with E-state index in [4.69, 9.17) is 11.6 Å². The monoisotopic (exact) mass is 549 g/mol. The second-order valence-corrected chi connectivity index (χ2v) is 10.4. The average Bonchev–Trinajstić information content (AvgIpc) is 2.88. The number of benzene rings is 3. The van der Waals surface area contributed by atoms with E-state index in [0.29, 0.717) is 12.1 Å². The molecule has 2 amide bonds. The molecule has 1 atom stereocenters. The normalized spacial score (nSPS) is 12.0. The Bertz CT molecular complexity index is 1360. The molecule has 196 valence electrons. The third-order valence-electron chi connectivity index (χ3n) is 5.59. The number of rotatable bonds is 10. The van der Waals surface area contributed by atoms with E-state index in [2.05, 4.69) is 5.32 Å². The topological polar surface area (TPSA) is 86.8 Å². The van der Waals surface area contributed by atoms with Crippen molar-refractivity contribution in [2.45, 2.75) is 31.3 Å². The lowest BCUT2D eigenvalue weighted by atomic mass is 10.1. The summed E-state index contributed by atoms with van der Waals surface area (Å²) >= 11 is 5.92. The summed E-state index contributed by atoms with van der Waals surface area (Å²) in [5, 5.41) is 2.32. The molecule has 3 aromatic carbocycles. The maximum Gasteiger partial charge on any atom is 0.264 e. The van der Waals surface area contributed by atoms with Crippen molar-refractivity contribution < 1.29 is 26.8 Å². The summed E-state index contributed by atoms with van der Waals surface area (Å²) < 4.78 is 55.3. The van der Waals surface area contributed by atoms with Crippen LogP contribution in [0.25, 0.3) is 0 Å². The van der Waals surface area contributed by atoms with E-state index in [-0.39, 0.29) is 22.2 Å². The smallest absolute Gasteiger partial charge is 0.264 e. The van der Waals surface area contributed by atoms with Crippen LogP contribution in [0.5, 0.6) is 0 Å².